The Bertz CT molecular complexity index is 783. The van der Waals surface area contributed by atoms with E-state index in [1.165, 1.54) is 12.1 Å². The number of hydrogen-bond acceptors (Lipinski definition) is 6. The predicted octanol–water partition coefficient (Wildman–Crippen LogP) is 2.96. The van der Waals surface area contributed by atoms with E-state index in [0.29, 0.717) is 24.0 Å². The minimum atomic E-state index is -4.81. The lowest BCUT2D eigenvalue weighted by atomic mass is 10.2. The van der Waals surface area contributed by atoms with Crippen molar-refractivity contribution in [3.8, 4) is 5.75 Å². The van der Waals surface area contributed by atoms with Crippen LogP contribution in [0.1, 0.15) is 23.1 Å². The third-order valence-corrected chi connectivity index (χ3v) is 3.24. The summed E-state index contributed by atoms with van der Waals surface area (Å²) in [5.74, 6) is 0.949. The van der Waals surface area contributed by atoms with Crippen molar-refractivity contribution >= 4 is 17.5 Å². The van der Waals surface area contributed by atoms with Crippen LogP contribution in [0.15, 0.2) is 30.3 Å². The minimum Gasteiger partial charge on any atom is -0.406 e. The molecule has 0 saturated heterocycles. The second-order valence-corrected chi connectivity index (χ2v) is 5.47. The topological polar surface area (TPSA) is 88.2 Å². The number of carbonyl (C=O) groups is 1. The second-order valence-electron chi connectivity index (χ2n) is 5.47. The van der Waals surface area contributed by atoms with Crippen LogP contribution in [-0.4, -0.2) is 41.9 Å². The van der Waals surface area contributed by atoms with Crippen LogP contribution in [0.3, 0.4) is 0 Å². The molecular weight excluding hydrogens is 363 g/mol. The molecule has 1 aromatic carbocycles. The number of rotatable bonds is 8. The summed E-state index contributed by atoms with van der Waals surface area (Å²) >= 11 is 0. The van der Waals surface area contributed by atoms with Crippen molar-refractivity contribution in [1.29, 1.82) is 0 Å². The van der Waals surface area contributed by atoms with Crippen molar-refractivity contribution < 1.29 is 22.7 Å². The molecule has 7 nitrogen and oxygen atoms in total. The van der Waals surface area contributed by atoms with Gasteiger partial charge in [-0.2, -0.15) is 0 Å². The molecule has 0 saturated carbocycles. The van der Waals surface area contributed by atoms with Crippen molar-refractivity contribution in [3.63, 3.8) is 0 Å². The molecule has 0 unspecified atom stereocenters. The molecule has 0 aliphatic heterocycles. The van der Waals surface area contributed by atoms with Crippen LogP contribution in [0.5, 0.6) is 5.75 Å². The van der Waals surface area contributed by atoms with Crippen LogP contribution in [0.2, 0.25) is 0 Å². The van der Waals surface area contributed by atoms with Crippen LogP contribution in [0.4, 0.5) is 24.8 Å². The first-order chi connectivity index (χ1) is 12.8. The molecule has 3 N–H and O–H groups in total. The average Bonchev–Trinajstić information content (AvgIpc) is 2.57. The van der Waals surface area contributed by atoms with E-state index < -0.39 is 18.0 Å². The van der Waals surface area contributed by atoms with Gasteiger partial charge in [0.2, 0.25) is 0 Å². The average molecular weight is 383 g/mol. The monoisotopic (exact) mass is 383 g/mol. The summed E-state index contributed by atoms with van der Waals surface area (Å²) in [4.78, 5) is 20.5. The van der Waals surface area contributed by atoms with Crippen LogP contribution in [-0.2, 0) is 0 Å². The molecule has 27 heavy (non-hydrogen) atoms. The molecule has 2 aromatic rings. The van der Waals surface area contributed by atoms with E-state index in [-0.39, 0.29) is 12.1 Å². The Hall–Kier alpha value is -3.04. The third kappa shape index (κ3) is 7.00. The number of alkyl halides is 3. The van der Waals surface area contributed by atoms with Gasteiger partial charge in [0, 0.05) is 31.3 Å². The first-order valence-electron chi connectivity index (χ1n) is 8.24. The van der Waals surface area contributed by atoms with E-state index in [1.54, 1.807) is 13.0 Å². The summed E-state index contributed by atoms with van der Waals surface area (Å²) in [6, 6.07) is 6.64. The van der Waals surface area contributed by atoms with Gasteiger partial charge in [-0.05, 0) is 32.0 Å². The van der Waals surface area contributed by atoms with Crippen LogP contribution in [0, 0.1) is 6.92 Å². The zero-order valence-corrected chi connectivity index (χ0v) is 14.9. The van der Waals surface area contributed by atoms with Crippen molar-refractivity contribution in [2.24, 2.45) is 0 Å². The number of nitrogens with one attached hydrogen (secondary N) is 3. The Kier molecular flexibility index (Phi) is 6.80. The number of carbonyl (C=O) groups excluding carboxylic acids is 1. The van der Waals surface area contributed by atoms with Crippen LogP contribution < -0.4 is 20.7 Å². The number of amides is 1. The van der Waals surface area contributed by atoms with Crippen molar-refractivity contribution in [1.82, 2.24) is 15.3 Å². The van der Waals surface area contributed by atoms with Crippen LogP contribution in [0.25, 0.3) is 0 Å². The van der Waals surface area contributed by atoms with Gasteiger partial charge in [0.25, 0.3) is 5.91 Å². The second kappa shape index (κ2) is 9.06. The zero-order valence-electron chi connectivity index (χ0n) is 14.9. The number of halogens is 3. The standard InChI is InChI=1S/C17H20F3N5O2/c1-3-21-14-10-15(25-11(2)24-14)22-7-8-23-16(26)12-5-4-6-13(9-12)27-17(18,19)20/h4-6,9-10H,3,7-8H2,1-2H3,(H,23,26)(H2,21,22,24,25). The zero-order chi connectivity index (χ0) is 19.9. The molecule has 2 rings (SSSR count). The van der Waals surface area contributed by atoms with Gasteiger partial charge in [-0.3, -0.25) is 4.79 Å². The predicted molar refractivity (Wildman–Crippen MR) is 94.9 cm³/mol. The molecule has 146 valence electrons. The van der Waals surface area contributed by atoms with E-state index >= 15 is 0 Å². The van der Waals surface area contributed by atoms with E-state index in [1.807, 2.05) is 6.92 Å². The SMILES string of the molecule is CCNc1cc(NCCNC(=O)c2cccc(OC(F)(F)F)c2)nc(C)n1. The molecule has 0 fully saturated rings. The molecule has 1 heterocycles. The number of hydrogen-bond donors (Lipinski definition) is 3. The van der Waals surface area contributed by atoms with E-state index in [9.17, 15) is 18.0 Å². The lowest BCUT2D eigenvalue weighted by Crippen LogP contribution is -2.29. The number of benzene rings is 1. The Labute approximate surface area is 154 Å². The molecule has 1 amide bonds. The maximum absolute atomic E-state index is 12.2. The van der Waals surface area contributed by atoms with E-state index in [2.05, 4.69) is 30.7 Å². The highest BCUT2D eigenvalue weighted by Gasteiger charge is 2.31. The Balaban J connectivity index is 1.85. The number of ether oxygens (including phenoxy) is 1. The molecule has 0 aliphatic carbocycles. The molecule has 0 bridgehead atoms. The van der Waals surface area contributed by atoms with Gasteiger partial charge in [-0.15, -0.1) is 13.2 Å². The number of anilines is 2. The lowest BCUT2D eigenvalue weighted by molar-refractivity contribution is -0.274. The number of nitrogens with zero attached hydrogens (tertiary/aromatic N) is 2. The normalized spacial score (nSPS) is 11.0. The highest BCUT2D eigenvalue weighted by atomic mass is 19.4. The molecule has 10 heteroatoms. The van der Waals surface area contributed by atoms with Crippen molar-refractivity contribution in [3.05, 3.63) is 41.7 Å². The molecule has 0 aliphatic rings. The highest BCUT2D eigenvalue weighted by molar-refractivity contribution is 5.94. The van der Waals surface area contributed by atoms with Gasteiger partial charge >= 0.3 is 6.36 Å². The first kappa shape index (κ1) is 20.3. The Morgan fingerprint density at radius 3 is 2.48 bits per heavy atom. The summed E-state index contributed by atoms with van der Waals surface area (Å²) in [5, 5.41) is 8.76. The van der Waals surface area contributed by atoms with Crippen LogP contribution >= 0.6 is 0 Å². The number of aromatic nitrogens is 2. The smallest absolute Gasteiger partial charge is 0.406 e. The molecule has 0 atom stereocenters. The highest BCUT2D eigenvalue weighted by Crippen LogP contribution is 2.23. The van der Waals surface area contributed by atoms with Gasteiger partial charge < -0.3 is 20.7 Å². The molecular formula is C17H20F3N5O2. The van der Waals surface area contributed by atoms with Gasteiger partial charge in [0.05, 0.1) is 0 Å². The fourth-order valence-corrected chi connectivity index (χ4v) is 2.23. The Morgan fingerprint density at radius 2 is 1.81 bits per heavy atom. The summed E-state index contributed by atoms with van der Waals surface area (Å²) in [5.41, 5.74) is 0.0732. The van der Waals surface area contributed by atoms with Gasteiger partial charge in [-0.1, -0.05) is 6.07 Å². The number of aryl methyl sites for hydroxylation is 1. The van der Waals surface area contributed by atoms with Gasteiger partial charge in [-0.25, -0.2) is 9.97 Å². The van der Waals surface area contributed by atoms with E-state index in [0.717, 1.165) is 18.7 Å². The van der Waals surface area contributed by atoms with Gasteiger partial charge in [0.15, 0.2) is 0 Å². The molecule has 0 spiro atoms. The quantitative estimate of drug-likeness (QED) is 0.608. The molecule has 0 radical (unpaired) electrons. The largest absolute Gasteiger partial charge is 0.573 e. The fraction of sp³-hybridized carbons (Fsp3) is 0.353. The summed E-state index contributed by atoms with van der Waals surface area (Å²) in [7, 11) is 0. The Morgan fingerprint density at radius 1 is 1.11 bits per heavy atom. The first-order valence-corrected chi connectivity index (χ1v) is 8.24. The lowest BCUT2D eigenvalue weighted by Gasteiger charge is -2.11. The third-order valence-electron chi connectivity index (χ3n) is 3.24. The summed E-state index contributed by atoms with van der Waals surface area (Å²) in [6.07, 6.45) is -4.81. The maximum atomic E-state index is 12.2. The minimum absolute atomic E-state index is 0.0732. The van der Waals surface area contributed by atoms with Crippen molar-refractivity contribution in [2.75, 3.05) is 30.3 Å². The maximum Gasteiger partial charge on any atom is 0.573 e. The van der Waals surface area contributed by atoms with E-state index in [4.69, 9.17) is 0 Å². The van der Waals surface area contributed by atoms with Crippen molar-refractivity contribution in [2.45, 2.75) is 20.2 Å². The fourth-order valence-electron chi connectivity index (χ4n) is 2.23. The molecule has 1 aromatic heterocycles. The summed E-state index contributed by atoms with van der Waals surface area (Å²) < 4.78 is 40.5. The van der Waals surface area contributed by atoms with Gasteiger partial charge in [0.1, 0.15) is 23.2 Å². The summed E-state index contributed by atoms with van der Waals surface area (Å²) in [6.45, 7) is 5.08.